The van der Waals surface area contributed by atoms with Crippen molar-refractivity contribution < 1.29 is 17.9 Å². The highest BCUT2D eigenvalue weighted by atomic mass is 35.5. The Labute approximate surface area is 266 Å². The standard InChI is InChI=1S/C32H29ClF3N7OS/c1-16-9-17(12-37)5-8-43(16)30-20-10-22(33)25(19-3-4-23(35)28-24(19)21(13-38)29(39)45-28)26(36)27(20)40-31(41-30)44-15-32-6-2-7-42(32)14-18(34)11-32/h3-4,10,16-18H,2,5-9,11,14-15,39H2,1H3/t16-,17+,18-,32+/m1/s1. The number of benzene rings is 2. The summed E-state index contributed by atoms with van der Waals surface area (Å²) in [6.07, 6.45) is 2.34. The summed E-state index contributed by atoms with van der Waals surface area (Å²) in [5.74, 6) is -1.05. The predicted octanol–water partition coefficient (Wildman–Crippen LogP) is 6.98. The Balaban J connectivity index is 1.40. The Kier molecular flexibility index (Phi) is 7.43. The highest BCUT2D eigenvalue weighted by Gasteiger charge is 2.49. The molecule has 0 unspecified atom stereocenters. The second-order valence-electron chi connectivity index (χ2n) is 12.3. The Morgan fingerprint density at radius 1 is 1.24 bits per heavy atom. The molecule has 3 aliphatic rings. The normalized spacial score (nSPS) is 25.0. The molecule has 45 heavy (non-hydrogen) atoms. The van der Waals surface area contributed by atoms with Gasteiger partial charge in [-0.1, -0.05) is 17.7 Å². The first-order chi connectivity index (χ1) is 21.6. The lowest BCUT2D eigenvalue weighted by molar-refractivity contribution is 0.107. The molecule has 8 nitrogen and oxygen atoms in total. The van der Waals surface area contributed by atoms with E-state index in [2.05, 4.69) is 16.0 Å². The van der Waals surface area contributed by atoms with Crippen molar-refractivity contribution in [1.82, 2.24) is 14.9 Å². The number of ether oxygens (including phenoxy) is 1. The number of anilines is 2. The van der Waals surface area contributed by atoms with Gasteiger partial charge >= 0.3 is 6.01 Å². The molecule has 232 valence electrons. The number of hydrogen-bond acceptors (Lipinski definition) is 9. The minimum atomic E-state index is -0.941. The van der Waals surface area contributed by atoms with E-state index in [-0.39, 0.29) is 66.9 Å². The molecule has 0 saturated carbocycles. The van der Waals surface area contributed by atoms with Crippen LogP contribution in [0.2, 0.25) is 5.02 Å². The zero-order valence-electron chi connectivity index (χ0n) is 24.4. The maximum Gasteiger partial charge on any atom is 0.319 e. The molecule has 3 saturated heterocycles. The van der Waals surface area contributed by atoms with Crippen LogP contribution in [0.4, 0.5) is 24.0 Å². The van der Waals surface area contributed by atoms with Gasteiger partial charge in [-0.2, -0.15) is 20.5 Å². The molecule has 0 radical (unpaired) electrons. The Hall–Kier alpha value is -3.84. The van der Waals surface area contributed by atoms with Gasteiger partial charge in [-0.05, 0) is 56.8 Å². The third-order valence-corrected chi connectivity index (χ3v) is 10.9. The quantitative estimate of drug-likeness (QED) is 0.246. The lowest BCUT2D eigenvalue weighted by atomic mass is 9.92. The largest absolute Gasteiger partial charge is 0.461 e. The summed E-state index contributed by atoms with van der Waals surface area (Å²) in [5, 5.41) is 20.0. The molecule has 13 heteroatoms. The summed E-state index contributed by atoms with van der Waals surface area (Å²) in [6.45, 7) is 3.80. The van der Waals surface area contributed by atoms with Crippen molar-refractivity contribution in [2.24, 2.45) is 5.92 Å². The topological polar surface area (TPSA) is 115 Å². The molecule has 3 aliphatic heterocycles. The number of hydrogen-bond donors (Lipinski definition) is 1. The molecule has 2 aromatic carbocycles. The molecule has 2 aromatic heterocycles. The van der Waals surface area contributed by atoms with E-state index in [0.29, 0.717) is 43.6 Å². The van der Waals surface area contributed by atoms with Gasteiger partial charge in [0.1, 0.15) is 41.0 Å². The summed E-state index contributed by atoms with van der Waals surface area (Å²) in [5.41, 5.74) is 5.73. The van der Waals surface area contributed by atoms with E-state index >= 15 is 4.39 Å². The van der Waals surface area contributed by atoms with Crippen molar-refractivity contribution in [3.8, 4) is 29.3 Å². The van der Waals surface area contributed by atoms with Gasteiger partial charge in [0, 0.05) is 47.8 Å². The van der Waals surface area contributed by atoms with Crippen LogP contribution in [0.15, 0.2) is 18.2 Å². The fraction of sp³-hybridized carbons (Fsp3) is 0.438. The average Bonchev–Trinajstić information content (AvgIpc) is 3.66. The van der Waals surface area contributed by atoms with Crippen LogP contribution in [0.5, 0.6) is 6.01 Å². The van der Waals surface area contributed by atoms with Crippen LogP contribution < -0.4 is 15.4 Å². The van der Waals surface area contributed by atoms with Gasteiger partial charge in [-0.3, -0.25) is 4.90 Å². The highest BCUT2D eigenvalue weighted by Crippen LogP contribution is 2.46. The molecule has 0 amide bonds. The van der Waals surface area contributed by atoms with Crippen LogP contribution in [0.1, 0.15) is 44.6 Å². The number of nitrogens with zero attached hydrogens (tertiary/aromatic N) is 6. The molecular formula is C32H29ClF3N7OS. The highest BCUT2D eigenvalue weighted by molar-refractivity contribution is 7.23. The summed E-state index contributed by atoms with van der Waals surface area (Å²) in [6, 6.07) is 8.38. The summed E-state index contributed by atoms with van der Waals surface area (Å²) < 4.78 is 52.5. The van der Waals surface area contributed by atoms with Gasteiger partial charge in [0.25, 0.3) is 0 Å². The third kappa shape index (κ3) is 4.82. The van der Waals surface area contributed by atoms with Crippen molar-refractivity contribution in [2.75, 3.05) is 36.9 Å². The van der Waals surface area contributed by atoms with Crippen LogP contribution in [-0.4, -0.2) is 58.9 Å². The maximum absolute atomic E-state index is 16.9. The van der Waals surface area contributed by atoms with Gasteiger partial charge in [0.05, 0.1) is 26.9 Å². The van der Waals surface area contributed by atoms with Crippen molar-refractivity contribution in [2.45, 2.75) is 56.8 Å². The number of piperidine rings is 1. The Morgan fingerprint density at radius 3 is 2.82 bits per heavy atom. The second kappa shape index (κ2) is 11.2. The maximum atomic E-state index is 16.9. The van der Waals surface area contributed by atoms with Crippen LogP contribution in [0.3, 0.4) is 0 Å². The third-order valence-electron chi connectivity index (χ3n) is 9.60. The summed E-state index contributed by atoms with van der Waals surface area (Å²) >= 11 is 7.72. The van der Waals surface area contributed by atoms with Crippen LogP contribution >= 0.6 is 22.9 Å². The minimum Gasteiger partial charge on any atom is -0.461 e. The molecule has 4 aromatic rings. The van der Waals surface area contributed by atoms with Crippen LogP contribution in [-0.2, 0) is 0 Å². The average molecular weight is 652 g/mol. The van der Waals surface area contributed by atoms with Crippen LogP contribution in [0, 0.1) is 40.2 Å². The first-order valence-electron chi connectivity index (χ1n) is 14.9. The molecule has 0 bridgehead atoms. The van der Waals surface area contributed by atoms with E-state index in [1.54, 1.807) is 6.07 Å². The minimum absolute atomic E-state index is 0.0279. The summed E-state index contributed by atoms with van der Waals surface area (Å²) in [4.78, 5) is 13.4. The van der Waals surface area contributed by atoms with E-state index in [4.69, 9.17) is 27.1 Å². The fourth-order valence-electron chi connectivity index (χ4n) is 7.45. The van der Waals surface area contributed by atoms with Gasteiger partial charge in [-0.25, -0.2) is 13.2 Å². The molecule has 2 N–H and O–H groups in total. The van der Waals surface area contributed by atoms with E-state index < -0.39 is 23.3 Å². The van der Waals surface area contributed by atoms with E-state index in [9.17, 15) is 19.3 Å². The smallest absolute Gasteiger partial charge is 0.319 e. The van der Waals surface area contributed by atoms with Gasteiger partial charge in [0.2, 0.25) is 0 Å². The number of rotatable bonds is 5. The van der Waals surface area contributed by atoms with Crippen LogP contribution in [0.25, 0.3) is 32.1 Å². The first-order valence-corrected chi connectivity index (χ1v) is 16.1. The van der Waals surface area contributed by atoms with E-state index in [1.807, 2.05) is 17.9 Å². The molecule has 4 atom stereocenters. The zero-order chi connectivity index (χ0) is 31.6. The van der Waals surface area contributed by atoms with Crippen molar-refractivity contribution in [3.05, 3.63) is 40.4 Å². The first kappa shape index (κ1) is 29.8. The van der Waals surface area contributed by atoms with Crippen molar-refractivity contribution >= 4 is 54.7 Å². The zero-order valence-corrected chi connectivity index (χ0v) is 26.0. The van der Waals surface area contributed by atoms with Gasteiger partial charge in [-0.15, -0.1) is 11.3 Å². The second-order valence-corrected chi connectivity index (χ2v) is 13.7. The van der Waals surface area contributed by atoms with Crippen molar-refractivity contribution in [1.29, 1.82) is 10.5 Å². The molecule has 0 aliphatic carbocycles. The number of fused-ring (bicyclic) bond motifs is 3. The monoisotopic (exact) mass is 651 g/mol. The molecule has 7 rings (SSSR count). The number of halogens is 4. The van der Waals surface area contributed by atoms with E-state index in [0.717, 1.165) is 30.7 Å². The Morgan fingerprint density at radius 2 is 2.07 bits per heavy atom. The fourth-order valence-corrected chi connectivity index (χ4v) is 8.69. The lowest BCUT2D eigenvalue weighted by Gasteiger charge is -2.37. The molecule has 5 heterocycles. The number of aromatic nitrogens is 2. The number of alkyl halides is 1. The number of thiophene rings is 1. The lowest BCUT2D eigenvalue weighted by Crippen LogP contribution is -2.43. The van der Waals surface area contributed by atoms with Crippen molar-refractivity contribution in [3.63, 3.8) is 0 Å². The van der Waals surface area contributed by atoms with Gasteiger partial charge in [0.15, 0.2) is 5.82 Å². The summed E-state index contributed by atoms with van der Waals surface area (Å²) in [7, 11) is 0. The molecular weight excluding hydrogens is 623 g/mol. The van der Waals surface area contributed by atoms with E-state index in [1.165, 1.54) is 12.1 Å². The Bertz CT molecular complexity index is 1940. The molecule has 0 spiro atoms. The molecule has 3 fully saturated rings. The SMILES string of the molecule is C[C@@H]1C[C@@H](C#N)CCN1c1nc(OC[C@@]23CCCN2C[C@H](F)C3)nc2c(F)c(-c3ccc(F)c4sc(N)c(C#N)c34)c(Cl)cc12. The number of nitrogen functional groups attached to an aromatic ring is 1. The predicted molar refractivity (Wildman–Crippen MR) is 168 cm³/mol. The number of nitriles is 2. The number of nitrogens with two attached hydrogens (primary N) is 1. The van der Waals surface area contributed by atoms with Gasteiger partial charge < -0.3 is 15.4 Å².